The van der Waals surface area contributed by atoms with Gasteiger partial charge >= 0.3 is 0 Å². The Kier molecular flexibility index (Phi) is 5.01. The van der Waals surface area contributed by atoms with Gasteiger partial charge in [-0.25, -0.2) is 4.39 Å². The molecule has 1 aromatic rings. The number of hydrogen-bond donors (Lipinski definition) is 2. The molecule has 0 bridgehead atoms. The quantitative estimate of drug-likeness (QED) is 0.855. The summed E-state index contributed by atoms with van der Waals surface area (Å²) >= 11 is 0. The molecule has 2 amide bonds. The maximum absolute atomic E-state index is 14.5. The van der Waals surface area contributed by atoms with Crippen molar-refractivity contribution < 1.29 is 18.8 Å². The predicted octanol–water partition coefficient (Wildman–Crippen LogP) is 1.10. The standard InChI is InChI=1S/C18H22FN3O3/c1-11(23)20-10-13-9-15(18(25)21-13)12-2-3-17(16(19)8-12)22-6-4-14(24)5-7-22/h2-3,8,13,15H,4-7,9-10H2,1H3,(H,20,23)(H,21,25). The highest BCUT2D eigenvalue weighted by molar-refractivity contribution is 5.86. The molecule has 2 N–H and O–H groups in total. The van der Waals surface area contributed by atoms with Gasteiger partial charge in [-0.05, 0) is 24.1 Å². The second-order valence-corrected chi connectivity index (χ2v) is 6.67. The number of amides is 2. The van der Waals surface area contributed by atoms with E-state index in [-0.39, 0.29) is 29.5 Å². The van der Waals surface area contributed by atoms with Crippen LogP contribution in [0.1, 0.15) is 37.7 Å². The van der Waals surface area contributed by atoms with E-state index in [2.05, 4.69) is 10.6 Å². The molecule has 0 spiro atoms. The summed E-state index contributed by atoms with van der Waals surface area (Å²) in [7, 11) is 0. The number of carbonyl (C=O) groups is 3. The molecule has 0 saturated carbocycles. The molecule has 25 heavy (non-hydrogen) atoms. The largest absolute Gasteiger partial charge is 0.368 e. The van der Waals surface area contributed by atoms with Crippen LogP contribution in [0, 0.1) is 5.82 Å². The average Bonchev–Trinajstić information content (AvgIpc) is 2.95. The van der Waals surface area contributed by atoms with Gasteiger partial charge in [-0.15, -0.1) is 0 Å². The number of nitrogens with zero attached hydrogens (tertiary/aromatic N) is 1. The van der Waals surface area contributed by atoms with Crippen molar-refractivity contribution in [2.75, 3.05) is 24.5 Å². The highest BCUT2D eigenvalue weighted by atomic mass is 19.1. The van der Waals surface area contributed by atoms with Crippen molar-refractivity contribution in [3.8, 4) is 0 Å². The van der Waals surface area contributed by atoms with Gasteiger partial charge in [0.1, 0.15) is 11.6 Å². The van der Waals surface area contributed by atoms with Gasteiger partial charge in [0.2, 0.25) is 11.8 Å². The fourth-order valence-corrected chi connectivity index (χ4v) is 3.43. The van der Waals surface area contributed by atoms with Crippen molar-refractivity contribution in [2.45, 2.75) is 38.1 Å². The first kappa shape index (κ1) is 17.4. The zero-order chi connectivity index (χ0) is 18.0. The second-order valence-electron chi connectivity index (χ2n) is 6.67. The summed E-state index contributed by atoms with van der Waals surface area (Å²) in [5.41, 5.74) is 1.11. The van der Waals surface area contributed by atoms with Gasteiger partial charge in [0.25, 0.3) is 0 Å². The minimum absolute atomic E-state index is 0.141. The number of piperidine rings is 1. The minimum Gasteiger partial charge on any atom is -0.368 e. The summed E-state index contributed by atoms with van der Waals surface area (Å²) in [6.45, 7) is 2.85. The molecule has 7 heteroatoms. The molecule has 2 fully saturated rings. The van der Waals surface area contributed by atoms with E-state index in [1.165, 1.54) is 13.0 Å². The molecular formula is C18H22FN3O3. The van der Waals surface area contributed by atoms with Crippen LogP contribution in [0.2, 0.25) is 0 Å². The number of rotatable bonds is 4. The molecule has 0 radical (unpaired) electrons. The Hall–Kier alpha value is -2.44. The van der Waals surface area contributed by atoms with Gasteiger partial charge in [0.15, 0.2) is 0 Å². The van der Waals surface area contributed by atoms with Crippen LogP contribution >= 0.6 is 0 Å². The summed E-state index contributed by atoms with van der Waals surface area (Å²) in [4.78, 5) is 36.4. The molecule has 2 heterocycles. The van der Waals surface area contributed by atoms with E-state index in [0.29, 0.717) is 50.1 Å². The van der Waals surface area contributed by atoms with Crippen molar-refractivity contribution in [1.29, 1.82) is 0 Å². The SMILES string of the molecule is CC(=O)NCC1CC(c2ccc(N3CCC(=O)CC3)c(F)c2)C(=O)N1. The summed E-state index contributed by atoms with van der Waals surface area (Å²) in [6.07, 6.45) is 1.41. The number of Topliss-reactive ketones (excluding diaryl/α,β-unsaturated/α-hetero) is 1. The van der Waals surface area contributed by atoms with Crippen LogP contribution in [0.5, 0.6) is 0 Å². The Labute approximate surface area is 145 Å². The van der Waals surface area contributed by atoms with Crippen LogP contribution in [0.25, 0.3) is 0 Å². The lowest BCUT2D eigenvalue weighted by Gasteiger charge is -2.28. The number of ketones is 1. The van der Waals surface area contributed by atoms with Crippen molar-refractivity contribution in [3.63, 3.8) is 0 Å². The Bertz CT molecular complexity index is 697. The Morgan fingerprint density at radius 1 is 1.32 bits per heavy atom. The third kappa shape index (κ3) is 3.97. The van der Waals surface area contributed by atoms with Gasteiger partial charge in [0.05, 0.1) is 11.6 Å². The first-order valence-electron chi connectivity index (χ1n) is 8.55. The monoisotopic (exact) mass is 347 g/mol. The third-order valence-corrected chi connectivity index (χ3v) is 4.82. The molecule has 2 saturated heterocycles. The maximum Gasteiger partial charge on any atom is 0.227 e. The first-order valence-corrected chi connectivity index (χ1v) is 8.55. The van der Waals surface area contributed by atoms with Crippen molar-refractivity contribution in [3.05, 3.63) is 29.6 Å². The zero-order valence-corrected chi connectivity index (χ0v) is 14.2. The topological polar surface area (TPSA) is 78.5 Å². The number of nitrogens with one attached hydrogen (secondary N) is 2. The molecule has 2 unspecified atom stereocenters. The molecule has 0 aliphatic carbocycles. The van der Waals surface area contributed by atoms with E-state index < -0.39 is 5.92 Å². The van der Waals surface area contributed by atoms with Gasteiger partial charge in [0, 0.05) is 45.4 Å². The van der Waals surface area contributed by atoms with Crippen LogP contribution in [-0.2, 0) is 14.4 Å². The average molecular weight is 347 g/mol. The summed E-state index contributed by atoms with van der Waals surface area (Å²) in [6, 6.07) is 4.74. The Morgan fingerprint density at radius 3 is 2.68 bits per heavy atom. The molecule has 134 valence electrons. The number of anilines is 1. The van der Waals surface area contributed by atoms with Crippen LogP contribution < -0.4 is 15.5 Å². The van der Waals surface area contributed by atoms with E-state index in [1.54, 1.807) is 12.1 Å². The lowest BCUT2D eigenvalue weighted by molar-refractivity contribution is -0.121. The fourth-order valence-electron chi connectivity index (χ4n) is 3.43. The predicted molar refractivity (Wildman–Crippen MR) is 90.8 cm³/mol. The smallest absolute Gasteiger partial charge is 0.227 e. The van der Waals surface area contributed by atoms with E-state index >= 15 is 0 Å². The summed E-state index contributed by atoms with van der Waals surface area (Å²) < 4.78 is 14.5. The van der Waals surface area contributed by atoms with E-state index in [0.717, 1.165) is 0 Å². The van der Waals surface area contributed by atoms with Gasteiger partial charge in [-0.2, -0.15) is 0 Å². The van der Waals surface area contributed by atoms with Gasteiger partial charge in [-0.1, -0.05) is 6.07 Å². The summed E-state index contributed by atoms with van der Waals surface area (Å²) in [5, 5.41) is 5.52. The fraction of sp³-hybridized carbons (Fsp3) is 0.500. The number of carbonyl (C=O) groups excluding carboxylic acids is 3. The Morgan fingerprint density at radius 2 is 2.04 bits per heavy atom. The first-order chi connectivity index (χ1) is 11.9. The lowest BCUT2D eigenvalue weighted by Crippen LogP contribution is -2.37. The molecule has 0 aromatic heterocycles. The number of halogens is 1. The molecule has 1 aromatic carbocycles. The van der Waals surface area contributed by atoms with E-state index in [9.17, 15) is 18.8 Å². The molecule has 2 aliphatic rings. The lowest BCUT2D eigenvalue weighted by atomic mass is 9.95. The molecular weight excluding hydrogens is 325 g/mol. The Balaban J connectivity index is 1.69. The van der Waals surface area contributed by atoms with Crippen LogP contribution in [0.3, 0.4) is 0 Å². The molecule has 3 rings (SSSR count). The number of benzene rings is 1. The van der Waals surface area contributed by atoms with Crippen LogP contribution in [-0.4, -0.2) is 43.3 Å². The molecule has 2 aliphatic heterocycles. The van der Waals surface area contributed by atoms with Crippen molar-refractivity contribution in [2.24, 2.45) is 0 Å². The van der Waals surface area contributed by atoms with Crippen LogP contribution in [0.15, 0.2) is 18.2 Å². The molecule has 2 atom stereocenters. The maximum atomic E-state index is 14.5. The second kappa shape index (κ2) is 7.21. The minimum atomic E-state index is -0.412. The summed E-state index contributed by atoms with van der Waals surface area (Å²) in [5.74, 6) is -0.865. The van der Waals surface area contributed by atoms with Crippen LogP contribution in [0.4, 0.5) is 10.1 Å². The highest BCUT2D eigenvalue weighted by Gasteiger charge is 2.33. The number of hydrogen-bond acceptors (Lipinski definition) is 4. The van der Waals surface area contributed by atoms with Gasteiger partial charge in [-0.3, -0.25) is 14.4 Å². The van der Waals surface area contributed by atoms with E-state index in [1.807, 2.05) is 4.90 Å². The third-order valence-electron chi connectivity index (χ3n) is 4.82. The van der Waals surface area contributed by atoms with Crippen molar-refractivity contribution in [1.82, 2.24) is 10.6 Å². The zero-order valence-electron chi connectivity index (χ0n) is 14.2. The molecule has 6 nitrogen and oxygen atoms in total. The highest BCUT2D eigenvalue weighted by Crippen LogP contribution is 2.31. The normalized spacial score (nSPS) is 23.5. The van der Waals surface area contributed by atoms with Crippen molar-refractivity contribution >= 4 is 23.3 Å². The van der Waals surface area contributed by atoms with Gasteiger partial charge < -0.3 is 15.5 Å². The van der Waals surface area contributed by atoms with E-state index in [4.69, 9.17) is 0 Å².